The molecule has 60 valence electrons. The molecule has 0 fully saturated rings. The van der Waals surface area contributed by atoms with Crippen molar-refractivity contribution in [2.75, 3.05) is 6.54 Å². The Labute approximate surface area is 63.0 Å². The Morgan fingerprint density at radius 2 is 2.00 bits per heavy atom. The average Bonchev–Trinajstić information content (AvgIpc) is 1.98. The summed E-state index contributed by atoms with van der Waals surface area (Å²) in [7, 11) is 0. The molecule has 10 heavy (non-hydrogen) atoms. The topological polar surface area (TPSA) is 29.4 Å². The lowest BCUT2D eigenvalue weighted by Gasteiger charge is -2.09. The minimum atomic E-state index is 0.499. The van der Waals surface area contributed by atoms with Crippen LogP contribution in [0.5, 0.6) is 0 Å². The quantitative estimate of drug-likeness (QED) is 0.525. The van der Waals surface area contributed by atoms with Crippen molar-refractivity contribution in [2.45, 2.75) is 39.5 Å². The van der Waals surface area contributed by atoms with Gasteiger partial charge in [-0.2, -0.15) is 4.91 Å². The van der Waals surface area contributed by atoms with Crippen LogP contribution in [0.25, 0.3) is 0 Å². The van der Waals surface area contributed by atoms with Gasteiger partial charge in [-0.15, -0.1) is 0 Å². The van der Waals surface area contributed by atoms with Crippen molar-refractivity contribution in [1.29, 1.82) is 0 Å². The molecule has 0 aromatic rings. The number of rotatable bonds is 6. The van der Waals surface area contributed by atoms with Gasteiger partial charge in [0.1, 0.15) is 0 Å². The second kappa shape index (κ2) is 6.72. The predicted octanol–water partition coefficient (Wildman–Crippen LogP) is 2.97. The third-order valence-corrected chi connectivity index (χ3v) is 1.90. The van der Waals surface area contributed by atoms with Crippen LogP contribution in [0.3, 0.4) is 0 Å². The van der Waals surface area contributed by atoms with Gasteiger partial charge in [0.2, 0.25) is 0 Å². The molecule has 0 aliphatic carbocycles. The first-order valence-corrected chi connectivity index (χ1v) is 4.14. The highest BCUT2D eigenvalue weighted by atomic mass is 16.3. The summed E-state index contributed by atoms with van der Waals surface area (Å²) in [4.78, 5) is 9.78. The molecule has 0 saturated carbocycles. The summed E-state index contributed by atoms with van der Waals surface area (Å²) in [5, 5.41) is 2.86. The van der Waals surface area contributed by atoms with Crippen molar-refractivity contribution in [3.63, 3.8) is 0 Å². The van der Waals surface area contributed by atoms with Crippen molar-refractivity contribution in [1.82, 2.24) is 0 Å². The van der Waals surface area contributed by atoms with Gasteiger partial charge in [-0.25, -0.2) is 0 Å². The summed E-state index contributed by atoms with van der Waals surface area (Å²) in [5.74, 6) is 0.725. The third kappa shape index (κ3) is 4.48. The van der Waals surface area contributed by atoms with Gasteiger partial charge in [-0.05, 0) is 12.3 Å². The highest BCUT2D eigenvalue weighted by Gasteiger charge is 2.03. The molecular weight excluding hydrogens is 126 g/mol. The lowest BCUT2D eigenvalue weighted by molar-refractivity contribution is 0.438. The molecule has 0 aliphatic heterocycles. The second-order valence-corrected chi connectivity index (χ2v) is 2.70. The zero-order valence-electron chi connectivity index (χ0n) is 6.97. The molecule has 0 saturated heterocycles. The molecule has 0 amide bonds. The maximum absolute atomic E-state index is 9.78. The lowest BCUT2D eigenvalue weighted by atomic mass is 9.97. The van der Waals surface area contributed by atoms with Gasteiger partial charge in [-0.3, -0.25) is 0 Å². The molecule has 0 N–H and O–H groups in total. The maximum atomic E-state index is 9.78. The van der Waals surface area contributed by atoms with E-state index in [1.807, 2.05) is 0 Å². The van der Waals surface area contributed by atoms with Gasteiger partial charge in [0, 0.05) is 0 Å². The average molecular weight is 143 g/mol. The van der Waals surface area contributed by atoms with E-state index in [0.717, 1.165) is 12.3 Å². The molecule has 2 nitrogen and oxygen atoms in total. The van der Waals surface area contributed by atoms with Gasteiger partial charge in [0.05, 0.1) is 6.54 Å². The largest absolute Gasteiger partial charge is 0.151 e. The van der Waals surface area contributed by atoms with Crippen molar-refractivity contribution in [2.24, 2.45) is 11.1 Å². The Morgan fingerprint density at radius 1 is 1.30 bits per heavy atom. The van der Waals surface area contributed by atoms with Crippen LogP contribution in [0.4, 0.5) is 0 Å². The molecule has 1 atom stereocenters. The highest BCUT2D eigenvalue weighted by Crippen LogP contribution is 2.14. The van der Waals surface area contributed by atoms with Gasteiger partial charge in [-0.1, -0.05) is 38.3 Å². The van der Waals surface area contributed by atoms with Crippen molar-refractivity contribution in [3.8, 4) is 0 Å². The van der Waals surface area contributed by atoms with Crippen LogP contribution in [-0.2, 0) is 0 Å². The summed E-state index contributed by atoms with van der Waals surface area (Å²) < 4.78 is 0. The van der Waals surface area contributed by atoms with Gasteiger partial charge in [0.15, 0.2) is 0 Å². The van der Waals surface area contributed by atoms with Crippen LogP contribution in [-0.4, -0.2) is 6.54 Å². The highest BCUT2D eigenvalue weighted by molar-refractivity contribution is 4.57. The van der Waals surface area contributed by atoms with Crippen LogP contribution in [0, 0.1) is 10.8 Å². The Morgan fingerprint density at radius 3 is 2.40 bits per heavy atom. The van der Waals surface area contributed by atoms with Crippen LogP contribution in [0.15, 0.2) is 5.18 Å². The fourth-order valence-electron chi connectivity index (χ4n) is 1.20. The molecule has 0 aromatic heterocycles. The van der Waals surface area contributed by atoms with E-state index in [-0.39, 0.29) is 0 Å². The number of hydrogen-bond acceptors (Lipinski definition) is 2. The molecule has 0 heterocycles. The molecule has 0 rings (SSSR count). The zero-order valence-corrected chi connectivity index (χ0v) is 6.97. The SMILES string of the molecule is CCCC(CC)CCN=O. The van der Waals surface area contributed by atoms with E-state index in [4.69, 9.17) is 0 Å². The zero-order chi connectivity index (χ0) is 7.82. The van der Waals surface area contributed by atoms with E-state index in [2.05, 4.69) is 19.0 Å². The minimum absolute atomic E-state index is 0.499. The molecule has 2 heteroatoms. The molecule has 0 aromatic carbocycles. The predicted molar refractivity (Wildman–Crippen MR) is 44.0 cm³/mol. The van der Waals surface area contributed by atoms with Gasteiger partial charge in [0.25, 0.3) is 0 Å². The summed E-state index contributed by atoms with van der Waals surface area (Å²) in [6.45, 7) is 4.85. The number of nitroso groups, excluding NO2 is 1. The minimum Gasteiger partial charge on any atom is -0.151 e. The fraction of sp³-hybridized carbons (Fsp3) is 1.00. The second-order valence-electron chi connectivity index (χ2n) is 2.70. The molecule has 1 unspecified atom stereocenters. The van der Waals surface area contributed by atoms with Crippen LogP contribution in [0.2, 0.25) is 0 Å². The van der Waals surface area contributed by atoms with E-state index in [9.17, 15) is 4.91 Å². The Kier molecular flexibility index (Phi) is 6.45. The molecule has 0 bridgehead atoms. The van der Waals surface area contributed by atoms with Gasteiger partial charge >= 0.3 is 0 Å². The van der Waals surface area contributed by atoms with E-state index in [1.165, 1.54) is 19.3 Å². The lowest BCUT2D eigenvalue weighted by Crippen LogP contribution is -1.99. The van der Waals surface area contributed by atoms with E-state index >= 15 is 0 Å². The smallest absolute Gasteiger partial charge is 0.0813 e. The Hall–Kier alpha value is -0.400. The molecule has 0 radical (unpaired) electrons. The summed E-state index contributed by atoms with van der Waals surface area (Å²) in [6, 6.07) is 0. The standard InChI is InChI=1S/C8H17NO/c1-3-5-8(4-2)6-7-9-10/h8H,3-7H2,1-2H3. The number of hydrogen-bond donors (Lipinski definition) is 0. The normalized spacial score (nSPS) is 13.0. The van der Waals surface area contributed by atoms with E-state index in [1.54, 1.807) is 0 Å². The van der Waals surface area contributed by atoms with Crippen LogP contribution < -0.4 is 0 Å². The van der Waals surface area contributed by atoms with Crippen molar-refractivity contribution >= 4 is 0 Å². The summed E-state index contributed by atoms with van der Waals surface area (Å²) in [5.41, 5.74) is 0. The molecule has 0 aliphatic rings. The van der Waals surface area contributed by atoms with Gasteiger partial charge < -0.3 is 0 Å². The van der Waals surface area contributed by atoms with Crippen molar-refractivity contribution < 1.29 is 0 Å². The fourth-order valence-corrected chi connectivity index (χ4v) is 1.20. The molecule has 0 spiro atoms. The van der Waals surface area contributed by atoms with Crippen LogP contribution in [0.1, 0.15) is 39.5 Å². The Bertz CT molecular complexity index is 83.3. The van der Waals surface area contributed by atoms with Crippen molar-refractivity contribution in [3.05, 3.63) is 4.91 Å². The molecular formula is C8H17NO. The van der Waals surface area contributed by atoms with E-state index < -0.39 is 0 Å². The van der Waals surface area contributed by atoms with E-state index in [0.29, 0.717) is 6.54 Å². The number of nitrogens with zero attached hydrogens (tertiary/aromatic N) is 1. The maximum Gasteiger partial charge on any atom is 0.0813 e. The first kappa shape index (κ1) is 9.60. The third-order valence-electron chi connectivity index (χ3n) is 1.90. The first-order chi connectivity index (χ1) is 4.85. The van der Waals surface area contributed by atoms with Crippen LogP contribution >= 0.6 is 0 Å². The summed E-state index contributed by atoms with van der Waals surface area (Å²) in [6.07, 6.45) is 4.63. The Balaban J connectivity index is 3.29. The first-order valence-electron chi connectivity index (χ1n) is 4.14. The summed E-state index contributed by atoms with van der Waals surface area (Å²) >= 11 is 0. The monoisotopic (exact) mass is 143 g/mol.